The minimum absolute atomic E-state index is 0.136. The minimum atomic E-state index is -4.59. The van der Waals surface area contributed by atoms with E-state index >= 15 is 4.39 Å². The molecule has 0 amide bonds. The summed E-state index contributed by atoms with van der Waals surface area (Å²) in [6.45, 7) is 0.349. The Bertz CT molecular complexity index is 1780. The fourth-order valence-electron chi connectivity index (χ4n) is 3.89. The number of nitrogens with zero attached hydrogens (tertiary/aromatic N) is 2. The molecule has 0 unspecified atom stereocenters. The van der Waals surface area contributed by atoms with E-state index in [-0.39, 0.29) is 22.4 Å². The summed E-state index contributed by atoms with van der Waals surface area (Å²) in [5.41, 5.74) is -0.692. The lowest BCUT2D eigenvalue weighted by molar-refractivity contribution is 0.103. The number of fused-ring (bicyclic) bond motifs is 1. The number of nitrogens with one attached hydrogen (secondary N) is 3. The Balaban J connectivity index is 1.52. The second-order valence-corrected chi connectivity index (χ2v) is 9.79. The number of aromatic amines is 1. The van der Waals surface area contributed by atoms with Gasteiger partial charge in [-0.15, -0.1) is 0 Å². The Labute approximate surface area is 214 Å². The van der Waals surface area contributed by atoms with Crippen LogP contribution in [0.15, 0.2) is 84.1 Å². The number of hydrogen-bond donors (Lipinski definition) is 3. The fourth-order valence-corrected chi connectivity index (χ4v) is 5.03. The predicted octanol–water partition coefficient (Wildman–Crippen LogP) is 5.02. The number of aromatic nitrogens is 3. The summed E-state index contributed by atoms with van der Waals surface area (Å²) in [6, 6.07) is 15.4. The van der Waals surface area contributed by atoms with Crippen molar-refractivity contribution < 1.29 is 26.4 Å². The molecular weight excluding hydrogens is 519 g/mol. The fraction of sp³-hybridized carbons (Fsp3) is 0.0385. The van der Waals surface area contributed by atoms with Crippen LogP contribution < -0.4 is 10.0 Å². The van der Waals surface area contributed by atoms with Gasteiger partial charge >= 0.3 is 0 Å². The standard InChI is InChI=1S/C26H18F3N5O3S/c27-17-8-4-5-9-20(17)38(36,37)34-19-11-10-18(28)22(23(19)29)24(35)16-13-31-26-21(16)25(32-14-33-26)30-12-15-6-2-1-3-7-15/h1-11,13-14,34H,12H2,(H2,30,31,32,33). The highest BCUT2D eigenvalue weighted by atomic mass is 32.2. The summed E-state index contributed by atoms with van der Waals surface area (Å²) in [5.74, 6) is -4.56. The van der Waals surface area contributed by atoms with Crippen molar-refractivity contribution in [3.63, 3.8) is 0 Å². The lowest BCUT2D eigenvalue weighted by Gasteiger charge is -2.13. The van der Waals surface area contributed by atoms with E-state index in [0.29, 0.717) is 6.54 Å². The maximum atomic E-state index is 15.5. The zero-order chi connectivity index (χ0) is 26.9. The molecule has 38 heavy (non-hydrogen) atoms. The molecule has 0 aliphatic rings. The van der Waals surface area contributed by atoms with Gasteiger partial charge in [-0.3, -0.25) is 9.52 Å². The first-order valence-corrected chi connectivity index (χ1v) is 12.6. The molecule has 3 N–H and O–H groups in total. The van der Waals surface area contributed by atoms with Gasteiger partial charge in [0.05, 0.1) is 22.2 Å². The molecule has 0 aliphatic heterocycles. The van der Waals surface area contributed by atoms with E-state index in [1.165, 1.54) is 24.7 Å². The third-order valence-corrected chi connectivity index (χ3v) is 7.10. The molecule has 2 heterocycles. The first kappa shape index (κ1) is 25.0. The molecule has 0 aliphatic carbocycles. The number of carbonyl (C=O) groups excluding carboxylic acids is 1. The maximum absolute atomic E-state index is 15.5. The number of anilines is 2. The number of halogens is 3. The molecule has 0 radical (unpaired) electrons. The third-order valence-electron chi connectivity index (χ3n) is 5.71. The van der Waals surface area contributed by atoms with Crippen molar-refractivity contribution in [2.45, 2.75) is 11.4 Å². The van der Waals surface area contributed by atoms with Crippen LogP contribution in [-0.4, -0.2) is 29.2 Å². The predicted molar refractivity (Wildman–Crippen MR) is 135 cm³/mol. The molecule has 2 aromatic heterocycles. The van der Waals surface area contributed by atoms with E-state index in [1.807, 2.05) is 35.1 Å². The summed E-state index contributed by atoms with van der Waals surface area (Å²) >= 11 is 0. The molecule has 0 spiro atoms. The van der Waals surface area contributed by atoms with Gasteiger partial charge in [-0.25, -0.2) is 31.6 Å². The van der Waals surface area contributed by atoms with Crippen LogP contribution in [0.25, 0.3) is 11.0 Å². The van der Waals surface area contributed by atoms with Crippen molar-refractivity contribution in [2.75, 3.05) is 10.0 Å². The number of carbonyl (C=O) groups is 1. The molecule has 3 aromatic carbocycles. The van der Waals surface area contributed by atoms with Crippen LogP contribution in [0, 0.1) is 17.5 Å². The number of sulfonamides is 1. The molecule has 0 bridgehead atoms. The van der Waals surface area contributed by atoms with Crippen LogP contribution in [-0.2, 0) is 16.6 Å². The average molecular weight is 538 g/mol. The highest BCUT2D eigenvalue weighted by Crippen LogP contribution is 2.30. The van der Waals surface area contributed by atoms with Crippen LogP contribution >= 0.6 is 0 Å². The first-order valence-electron chi connectivity index (χ1n) is 11.2. The van der Waals surface area contributed by atoms with Crippen LogP contribution in [0.1, 0.15) is 21.5 Å². The summed E-state index contributed by atoms with van der Waals surface area (Å²) in [6.07, 6.45) is 2.50. The summed E-state index contributed by atoms with van der Waals surface area (Å²) in [5, 5.41) is 3.29. The van der Waals surface area contributed by atoms with Crippen LogP contribution in [0.3, 0.4) is 0 Å². The number of ketones is 1. The van der Waals surface area contributed by atoms with Crippen LogP contribution in [0.2, 0.25) is 0 Å². The van der Waals surface area contributed by atoms with Gasteiger partial charge in [0.2, 0.25) is 5.78 Å². The normalized spacial score (nSPS) is 11.4. The van der Waals surface area contributed by atoms with E-state index in [1.54, 1.807) is 0 Å². The molecule has 12 heteroatoms. The second-order valence-electron chi connectivity index (χ2n) is 8.14. The van der Waals surface area contributed by atoms with Crippen LogP contribution in [0.4, 0.5) is 24.7 Å². The van der Waals surface area contributed by atoms with Crippen LogP contribution in [0.5, 0.6) is 0 Å². The van der Waals surface area contributed by atoms with E-state index in [2.05, 4.69) is 20.3 Å². The molecular formula is C26H18F3N5O3S. The van der Waals surface area contributed by atoms with E-state index in [0.717, 1.165) is 29.8 Å². The average Bonchev–Trinajstić information content (AvgIpc) is 3.35. The highest BCUT2D eigenvalue weighted by molar-refractivity contribution is 7.92. The number of H-pyrrole nitrogens is 1. The monoisotopic (exact) mass is 537 g/mol. The summed E-state index contributed by atoms with van der Waals surface area (Å²) < 4.78 is 71.5. The van der Waals surface area contributed by atoms with E-state index in [4.69, 9.17) is 0 Å². The van der Waals surface area contributed by atoms with Gasteiger partial charge in [-0.1, -0.05) is 42.5 Å². The van der Waals surface area contributed by atoms with Gasteiger partial charge in [-0.2, -0.15) is 0 Å². The molecule has 0 atom stereocenters. The lowest BCUT2D eigenvalue weighted by atomic mass is 10.0. The molecule has 0 fully saturated rings. The van der Waals surface area contributed by atoms with Gasteiger partial charge in [0.1, 0.15) is 34.3 Å². The third kappa shape index (κ3) is 4.68. The Morgan fingerprint density at radius 1 is 0.895 bits per heavy atom. The van der Waals surface area contributed by atoms with E-state index < -0.39 is 49.4 Å². The van der Waals surface area contributed by atoms with Crippen molar-refractivity contribution in [2.24, 2.45) is 0 Å². The smallest absolute Gasteiger partial charge is 0.264 e. The zero-order valence-corrected chi connectivity index (χ0v) is 20.2. The quantitative estimate of drug-likeness (QED) is 0.239. The van der Waals surface area contributed by atoms with E-state index in [9.17, 15) is 22.0 Å². The topological polar surface area (TPSA) is 117 Å². The minimum Gasteiger partial charge on any atom is -0.365 e. The van der Waals surface area contributed by atoms with Gasteiger partial charge in [-0.05, 0) is 29.8 Å². The number of rotatable bonds is 8. The second kappa shape index (κ2) is 9.98. The Morgan fingerprint density at radius 3 is 2.39 bits per heavy atom. The van der Waals surface area contributed by atoms with Gasteiger partial charge < -0.3 is 10.3 Å². The molecule has 5 aromatic rings. The summed E-state index contributed by atoms with van der Waals surface area (Å²) in [4.78, 5) is 23.7. The van der Waals surface area contributed by atoms with Crippen molar-refractivity contribution in [1.29, 1.82) is 0 Å². The number of benzene rings is 3. The van der Waals surface area contributed by atoms with Crippen molar-refractivity contribution in [1.82, 2.24) is 15.0 Å². The Hall–Kier alpha value is -4.71. The molecule has 8 nitrogen and oxygen atoms in total. The molecule has 5 rings (SSSR count). The van der Waals surface area contributed by atoms with Gasteiger partial charge in [0, 0.05) is 12.7 Å². The number of hydrogen-bond acceptors (Lipinski definition) is 6. The molecule has 192 valence electrons. The largest absolute Gasteiger partial charge is 0.365 e. The van der Waals surface area contributed by atoms with Crippen molar-refractivity contribution >= 4 is 38.3 Å². The zero-order valence-electron chi connectivity index (χ0n) is 19.4. The highest BCUT2D eigenvalue weighted by Gasteiger charge is 2.28. The molecule has 0 saturated heterocycles. The maximum Gasteiger partial charge on any atom is 0.264 e. The van der Waals surface area contributed by atoms with Crippen molar-refractivity contribution in [3.8, 4) is 0 Å². The van der Waals surface area contributed by atoms with Gasteiger partial charge in [0.15, 0.2) is 5.82 Å². The first-order chi connectivity index (χ1) is 18.3. The Morgan fingerprint density at radius 2 is 1.63 bits per heavy atom. The Kier molecular flexibility index (Phi) is 6.55. The molecule has 0 saturated carbocycles. The SMILES string of the molecule is O=C(c1c(F)ccc(NS(=O)(=O)c2ccccc2F)c1F)c1c[nH]c2ncnc(NCc3ccccc3)c12. The van der Waals surface area contributed by atoms with Gasteiger partial charge in [0.25, 0.3) is 10.0 Å². The lowest BCUT2D eigenvalue weighted by Crippen LogP contribution is -2.17. The summed E-state index contributed by atoms with van der Waals surface area (Å²) in [7, 11) is -4.59. The van der Waals surface area contributed by atoms with Crippen molar-refractivity contribution in [3.05, 3.63) is 113 Å².